The van der Waals surface area contributed by atoms with Gasteiger partial charge in [0.2, 0.25) is 0 Å². The van der Waals surface area contributed by atoms with Crippen molar-refractivity contribution in [3.63, 3.8) is 0 Å². The lowest BCUT2D eigenvalue weighted by Crippen LogP contribution is -2.48. The predicted octanol–water partition coefficient (Wildman–Crippen LogP) is 4.18. The fourth-order valence-corrected chi connectivity index (χ4v) is 3.71. The molecular weight excluding hydrogens is 390 g/mol. The highest BCUT2D eigenvalue weighted by molar-refractivity contribution is 7.80. The summed E-state index contributed by atoms with van der Waals surface area (Å²) < 4.78 is 5.27. The number of ether oxygens (including phenoxy) is 1. The fraction of sp³-hybridized carbons (Fsp3) is 0.238. The molecule has 0 radical (unpaired) electrons. The van der Waals surface area contributed by atoms with Crippen molar-refractivity contribution in [2.75, 3.05) is 11.5 Å². The summed E-state index contributed by atoms with van der Waals surface area (Å²) in [6, 6.07) is 13.2. The second-order valence-electron chi connectivity index (χ2n) is 6.59. The molecule has 3 rings (SSSR count). The van der Waals surface area contributed by atoms with Gasteiger partial charge in [-0.3, -0.25) is 15.0 Å². The number of nitrogens with zero attached hydrogens (tertiary/aromatic N) is 2. The molecule has 150 valence electrons. The van der Waals surface area contributed by atoms with E-state index in [9.17, 15) is 14.9 Å². The van der Waals surface area contributed by atoms with Gasteiger partial charge in [0.25, 0.3) is 5.69 Å². The Morgan fingerprint density at radius 1 is 1.21 bits per heavy atom. The molecular formula is C21H21N3O4S. The van der Waals surface area contributed by atoms with Gasteiger partial charge in [0, 0.05) is 17.5 Å². The predicted molar refractivity (Wildman–Crippen MR) is 115 cm³/mol. The number of para-hydroxylation sites is 1. The Morgan fingerprint density at radius 3 is 2.48 bits per heavy atom. The zero-order valence-corrected chi connectivity index (χ0v) is 17.2. The van der Waals surface area contributed by atoms with E-state index in [1.54, 1.807) is 36.9 Å². The molecule has 1 aliphatic rings. The number of allylic oxidation sites excluding steroid dienone is 1. The molecule has 8 heteroatoms. The first kappa shape index (κ1) is 20.5. The number of nitrogens with one attached hydrogen (secondary N) is 1. The maximum Gasteiger partial charge on any atom is 0.338 e. The van der Waals surface area contributed by atoms with Crippen molar-refractivity contribution in [2.24, 2.45) is 0 Å². The van der Waals surface area contributed by atoms with Crippen LogP contribution in [-0.4, -0.2) is 22.6 Å². The van der Waals surface area contributed by atoms with Gasteiger partial charge in [0.15, 0.2) is 5.11 Å². The van der Waals surface area contributed by atoms with E-state index in [1.807, 2.05) is 31.2 Å². The molecule has 2 aromatic rings. The third kappa shape index (κ3) is 3.97. The van der Waals surface area contributed by atoms with E-state index >= 15 is 0 Å². The van der Waals surface area contributed by atoms with Gasteiger partial charge in [-0.1, -0.05) is 29.8 Å². The number of nitro benzene ring substituents is 1. The van der Waals surface area contributed by atoms with E-state index in [-0.39, 0.29) is 17.9 Å². The molecule has 0 aliphatic carbocycles. The molecule has 0 unspecified atom stereocenters. The van der Waals surface area contributed by atoms with Crippen LogP contribution in [0.15, 0.2) is 59.8 Å². The summed E-state index contributed by atoms with van der Waals surface area (Å²) in [5.41, 5.74) is 3.00. The number of anilines is 1. The van der Waals surface area contributed by atoms with E-state index in [0.29, 0.717) is 16.4 Å². The van der Waals surface area contributed by atoms with Crippen LogP contribution in [0.3, 0.4) is 0 Å². The summed E-state index contributed by atoms with van der Waals surface area (Å²) in [6.45, 7) is 5.65. The third-order valence-electron chi connectivity index (χ3n) is 4.72. The number of nitro groups is 1. The Kier molecular flexibility index (Phi) is 5.93. The van der Waals surface area contributed by atoms with Gasteiger partial charge in [-0.2, -0.15) is 0 Å². The summed E-state index contributed by atoms with van der Waals surface area (Å²) >= 11 is 5.57. The quantitative estimate of drug-likeness (QED) is 0.342. The summed E-state index contributed by atoms with van der Waals surface area (Å²) in [5, 5.41) is 15.0. The second kappa shape index (κ2) is 8.40. The van der Waals surface area contributed by atoms with Gasteiger partial charge >= 0.3 is 5.97 Å². The first-order valence-electron chi connectivity index (χ1n) is 9.13. The fourth-order valence-electron chi connectivity index (χ4n) is 3.35. The summed E-state index contributed by atoms with van der Waals surface area (Å²) in [5.74, 6) is -0.541. The van der Waals surface area contributed by atoms with Crippen molar-refractivity contribution in [1.29, 1.82) is 0 Å². The number of benzene rings is 2. The first-order valence-corrected chi connectivity index (χ1v) is 9.54. The zero-order chi connectivity index (χ0) is 21.1. The van der Waals surface area contributed by atoms with Crippen LogP contribution in [0.4, 0.5) is 11.4 Å². The average Bonchev–Trinajstić information content (AvgIpc) is 2.69. The van der Waals surface area contributed by atoms with Gasteiger partial charge in [-0.25, -0.2) is 4.79 Å². The van der Waals surface area contributed by atoms with Gasteiger partial charge in [0.05, 0.1) is 28.7 Å². The number of carbonyl (C=O) groups excluding carboxylic acids is 1. The van der Waals surface area contributed by atoms with Gasteiger partial charge in [0.1, 0.15) is 0 Å². The molecule has 0 spiro atoms. The lowest BCUT2D eigenvalue weighted by Gasteiger charge is -2.37. The molecule has 1 aliphatic heterocycles. The van der Waals surface area contributed by atoms with Crippen LogP contribution in [0.25, 0.3) is 0 Å². The number of carbonyl (C=O) groups is 1. The van der Waals surface area contributed by atoms with Gasteiger partial charge in [-0.05, 0) is 51.2 Å². The summed E-state index contributed by atoms with van der Waals surface area (Å²) in [7, 11) is 0. The molecule has 0 aromatic heterocycles. The monoisotopic (exact) mass is 411 g/mol. The van der Waals surface area contributed by atoms with Gasteiger partial charge in [-0.15, -0.1) is 0 Å². The zero-order valence-electron chi connectivity index (χ0n) is 16.3. The average molecular weight is 411 g/mol. The maximum atomic E-state index is 12.9. The largest absolute Gasteiger partial charge is 0.463 e. The lowest BCUT2D eigenvalue weighted by molar-refractivity contribution is -0.385. The highest BCUT2D eigenvalue weighted by Gasteiger charge is 2.38. The SMILES string of the molecule is CCOC(=O)C1=C(C)N(c2ccc(C)cc2)C(=S)N[C@H]1c1ccccc1[N+](=O)[O-]. The van der Waals surface area contributed by atoms with Crippen LogP contribution < -0.4 is 10.2 Å². The molecule has 0 bridgehead atoms. The van der Waals surface area contributed by atoms with Crippen LogP contribution in [0.2, 0.25) is 0 Å². The number of esters is 1. The number of hydrogen-bond acceptors (Lipinski definition) is 5. The Hall–Kier alpha value is -3.26. The van der Waals surface area contributed by atoms with Crippen molar-refractivity contribution in [3.05, 3.63) is 81.0 Å². The van der Waals surface area contributed by atoms with Crippen molar-refractivity contribution >= 4 is 34.7 Å². The van der Waals surface area contributed by atoms with Crippen molar-refractivity contribution in [1.82, 2.24) is 5.32 Å². The van der Waals surface area contributed by atoms with E-state index in [4.69, 9.17) is 17.0 Å². The second-order valence-corrected chi connectivity index (χ2v) is 6.98. The van der Waals surface area contributed by atoms with Crippen LogP contribution >= 0.6 is 12.2 Å². The Morgan fingerprint density at radius 2 is 1.86 bits per heavy atom. The Bertz CT molecular complexity index is 1000. The Labute approximate surface area is 174 Å². The smallest absolute Gasteiger partial charge is 0.338 e. The number of aryl methyl sites for hydroxylation is 1. The van der Waals surface area contributed by atoms with Crippen molar-refractivity contribution < 1.29 is 14.5 Å². The molecule has 29 heavy (non-hydrogen) atoms. The van der Waals surface area contributed by atoms with E-state index in [0.717, 1.165) is 11.3 Å². The van der Waals surface area contributed by atoms with E-state index < -0.39 is 16.9 Å². The topological polar surface area (TPSA) is 84.7 Å². The lowest BCUT2D eigenvalue weighted by atomic mass is 9.93. The molecule has 0 saturated heterocycles. The minimum Gasteiger partial charge on any atom is -0.463 e. The van der Waals surface area contributed by atoms with Gasteiger partial charge < -0.3 is 10.1 Å². The van der Waals surface area contributed by atoms with Crippen LogP contribution in [0.5, 0.6) is 0 Å². The minimum absolute atomic E-state index is 0.0915. The van der Waals surface area contributed by atoms with Crippen LogP contribution in [-0.2, 0) is 9.53 Å². The normalized spacial score (nSPS) is 16.4. The Balaban J connectivity index is 2.18. The number of thiocarbonyl (C=S) groups is 1. The summed E-state index contributed by atoms with van der Waals surface area (Å²) in [6.07, 6.45) is 0. The summed E-state index contributed by atoms with van der Waals surface area (Å²) in [4.78, 5) is 25.7. The number of rotatable bonds is 5. The molecule has 0 amide bonds. The first-order chi connectivity index (χ1) is 13.8. The molecule has 0 saturated carbocycles. The molecule has 0 fully saturated rings. The third-order valence-corrected chi connectivity index (χ3v) is 5.02. The molecule has 1 atom stereocenters. The maximum absolute atomic E-state index is 12.9. The molecule has 1 N–H and O–H groups in total. The molecule has 1 heterocycles. The van der Waals surface area contributed by atoms with Crippen LogP contribution in [0, 0.1) is 17.0 Å². The van der Waals surface area contributed by atoms with Crippen molar-refractivity contribution in [2.45, 2.75) is 26.8 Å². The highest BCUT2D eigenvalue weighted by atomic mass is 32.1. The number of hydrogen-bond donors (Lipinski definition) is 1. The highest BCUT2D eigenvalue weighted by Crippen LogP contribution is 2.37. The van der Waals surface area contributed by atoms with Crippen LogP contribution in [0.1, 0.15) is 31.0 Å². The minimum atomic E-state index is -0.787. The van der Waals surface area contributed by atoms with E-state index in [2.05, 4.69) is 5.32 Å². The molecule has 2 aromatic carbocycles. The standard InChI is InChI=1S/C21H21N3O4S/c1-4-28-20(25)18-14(3)23(15-11-9-13(2)10-12-15)21(29)22-19(18)16-7-5-6-8-17(16)24(26)27/h5-12,19H,4H2,1-3H3,(H,22,29)/t19-/m0/s1. The molecule has 7 nitrogen and oxygen atoms in total. The van der Waals surface area contributed by atoms with Crippen molar-refractivity contribution in [3.8, 4) is 0 Å². The van der Waals surface area contributed by atoms with E-state index in [1.165, 1.54) is 6.07 Å².